The molecule has 0 unspecified atom stereocenters. The van der Waals surface area contributed by atoms with Gasteiger partial charge in [0, 0.05) is 22.3 Å². The normalized spacial score (nSPS) is 10.9. The van der Waals surface area contributed by atoms with Crippen LogP contribution in [0.5, 0.6) is 0 Å². The van der Waals surface area contributed by atoms with Gasteiger partial charge in [0.1, 0.15) is 31.3 Å². The van der Waals surface area contributed by atoms with Gasteiger partial charge in [-0.05, 0) is 0 Å². The average molecular weight is 724 g/mol. The van der Waals surface area contributed by atoms with E-state index in [1.54, 1.807) is 0 Å². The van der Waals surface area contributed by atoms with Gasteiger partial charge in [-0.25, -0.2) is 23.3 Å². The first-order valence-corrected chi connectivity index (χ1v) is 14.5. The van der Waals surface area contributed by atoms with Crippen molar-refractivity contribution in [3.05, 3.63) is 193 Å². The summed E-state index contributed by atoms with van der Waals surface area (Å²) < 4.78 is 8.75. The number of H-pyrrole nitrogens is 1. The summed E-state index contributed by atoms with van der Waals surface area (Å²) in [5, 5.41) is 7.68. The zero-order valence-corrected chi connectivity index (χ0v) is 27.7. The van der Waals surface area contributed by atoms with Gasteiger partial charge in [0.15, 0.2) is 30.3 Å². The number of rotatable bonds is 10. The fourth-order valence-electron chi connectivity index (χ4n) is 5.74. The predicted octanol–water partition coefficient (Wildman–Crippen LogP) is -0.637. The average Bonchev–Trinajstić information content (AvgIpc) is 3.83. The lowest BCUT2D eigenvalue weighted by molar-refractivity contribution is -0.689. The van der Waals surface area contributed by atoms with Crippen LogP contribution in [0, 0.1) is 0 Å². The summed E-state index contributed by atoms with van der Waals surface area (Å²) in [7, 11) is 0. The van der Waals surface area contributed by atoms with Crippen molar-refractivity contribution in [2.24, 2.45) is 0 Å². The molecule has 3 heterocycles. The van der Waals surface area contributed by atoms with E-state index in [1.165, 1.54) is 22.3 Å². The van der Waals surface area contributed by atoms with E-state index >= 15 is 0 Å². The van der Waals surface area contributed by atoms with Gasteiger partial charge in [-0.1, -0.05) is 121 Å². The molecular weight excluding hydrogens is 690 g/mol. The van der Waals surface area contributed by atoms with Gasteiger partial charge in [0.05, 0.1) is 0 Å². The minimum atomic E-state index is 0. The zero-order chi connectivity index (χ0) is 28.8. The van der Waals surface area contributed by atoms with E-state index in [0.717, 1.165) is 11.6 Å². The molecule has 0 aliphatic carbocycles. The highest BCUT2D eigenvalue weighted by Gasteiger charge is 2.23. The summed E-state index contributed by atoms with van der Waals surface area (Å²) in [4.78, 5) is 4.81. The van der Waals surface area contributed by atoms with Gasteiger partial charge in [0.2, 0.25) is 12.7 Å². The molecule has 1 N–H and O–H groups in total. The largest absolute Gasteiger partial charge is 1.00 e. The molecule has 0 radical (unpaired) electrons. The van der Waals surface area contributed by atoms with Crippen LogP contribution < -0.4 is 43.1 Å². The van der Waals surface area contributed by atoms with Crippen molar-refractivity contribution in [2.75, 3.05) is 0 Å². The minimum Gasteiger partial charge on any atom is -1.00 e. The Kier molecular flexibility index (Phi) is 10.5. The highest BCUT2D eigenvalue weighted by Crippen LogP contribution is 2.27. The fraction of sp³-hybridized carbons (Fsp3) is 0.111. The van der Waals surface area contributed by atoms with Crippen LogP contribution in [0.15, 0.2) is 159 Å². The number of imidazole rings is 2. The number of benzene rings is 4. The molecule has 0 aliphatic rings. The van der Waals surface area contributed by atoms with Crippen molar-refractivity contribution >= 4 is 0 Å². The number of aromatic nitrogens is 7. The fourth-order valence-corrected chi connectivity index (χ4v) is 5.74. The maximum absolute atomic E-state index is 4.81. The Bertz CT molecular complexity index is 1670. The molecule has 0 atom stereocenters. The Hall–Kier alpha value is -4.60. The Morgan fingerprint density at radius 1 is 0.533 bits per heavy atom. The molecule has 0 amide bonds. The molecule has 7 rings (SSSR count). The van der Waals surface area contributed by atoms with Crippen LogP contribution in [0.2, 0.25) is 0 Å². The summed E-state index contributed by atoms with van der Waals surface area (Å²) in [6.45, 7) is 1.18. The zero-order valence-electron chi connectivity index (χ0n) is 24.5. The Labute approximate surface area is 284 Å². The standard InChI is InChI=1S/C36H33N7.2BrH/c1-5-13-29(14-6-1)35(30-15-7-2-8-16-30)42-23-21-40(27-42)25-33-37-34(39-38-33)26-41-22-24-43(28-41)36(31-17-9-3-10-18-31)32-19-11-4-12-20-32;;/h1-24,27-28,35-36H,25-26H2,(H,37,38,39);2*1H/q+2;;/p-2. The van der Waals surface area contributed by atoms with E-state index in [9.17, 15) is 0 Å². The van der Waals surface area contributed by atoms with E-state index < -0.39 is 0 Å². The van der Waals surface area contributed by atoms with Gasteiger partial charge in [-0.2, -0.15) is 5.10 Å². The van der Waals surface area contributed by atoms with Crippen molar-refractivity contribution < 1.29 is 43.1 Å². The summed E-state index contributed by atoms with van der Waals surface area (Å²) >= 11 is 0. The highest BCUT2D eigenvalue weighted by molar-refractivity contribution is 5.33. The summed E-state index contributed by atoms with van der Waals surface area (Å²) in [5.41, 5.74) is 4.96. The van der Waals surface area contributed by atoms with Crippen LogP contribution in [0.1, 0.15) is 46.0 Å². The van der Waals surface area contributed by atoms with Gasteiger partial charge in [-0.3, -0.25) is 5.10 Å². The molecule has 0 saturated carbocycles. The molecule has 226 valence electrons. The Balaban J connectivity index is 0.00000200. The molecular formula is C36H33Br2N7. The maximum atomic E-state index is 4.81. The first kappa shape index (κ1) is 31.8. The number of aromatic amines is 1. The number of nitrogens with zero attached hydrogens (tertiary/aromatic N) is 6. The molecule has 0 fully saturated rings. The van der Waals surface area contributed by atoms with E-state index in [0.29, 0.717) is 13.1 Å². The van der Waals surface area contributed by atoms with E-state index in [-0.39, 0.29) is 46.0 Å². The Morgan fingerprint density at radius 2 is 0.911 bits per heavy atom. The molecule has 3 aromatic heterocycles. The van der Waals surface area contributed by atoms with Crippen LogP contribution in [0.25, 0.3) is 0 Å². The van der Waals surface area contributed by atoms with Crippen LogP contribution in [-0.2, 0) is 13.1 Å². The number of nitrogens with one attached hydrogen (secondary N) is 1. The van der Waals surface area contributed by atoms with E-state index in [2.05, 4.69) is 187 Å². The first-order chi connectivity index (χ1) is 21.3. The third-order valence-corrected chi connectivity index (χ3v) is 7.72. The van der Waals surface area contributed by atoms with Gasteiger partial charge >= 0.3 is 0 Å². The lowest BCUT2D eigenvalue weighted by Crippen LogP contribution is -3.00. The molecule has 0 aliphatic heterocycles. The number of halogens is 2. The Morgan fingerprint density at radius 3 is 1.31 bits per heavy atom. The number of hydrogen-bond donors (Lipinski definition) is 1. The quantitative estimate of drug-likeness (QED) is 0.191. The second kappa shape index (κ2) is 14.9. The second-order valence-electron chi connectivity index (χ2n) is 10.7. The van der Waals surface area contributed by atoms with Crippen LogP contribution in [0.3, 0.4) is 0 Å². The SMILES string of the molecule is [Br-].[Br-].c1ccc(C(c2ccccc2)n2cc[n+](Cc3n[nH]c(C[n+]4ccn(C(c5ccccc5)c5ccccc5)c4)n3)c2)cc1. The van der Waals surface area contributed by atoms with Crippen molar-refractivity contribution in [1.29, 1.82) is 0 Å². The third kappa shape index (κ3) is 7.38. The summed E-state index contributed by atoms with van der Waals surface area (Å²) in [6, 6.07) is 42.6. The smallest absolute Gasteiger partial charge is 0.244 e. The summed E-state index contributed by atoms with van der Waals surface area (Å²) in [5.74, 6) is 1.57. The van der Waals surface area contributed by atoms with Crippen molar-refractivity contribution in [1.82, 2.24) is 24.3 Å². The van der Waals surface area contributed by atoms with Crippen LogP contribution in [0.4, 0.5) is 0 Å². The summed E-state index contributed by atoms with van der Waals surface area (Å²) in [6.07, 6.45) is 12.7. The van der Waals surface area contributed by atoms with E-state index in [1.807, 2.05) is 0 Å². The molecule has 0 spiro atoms. The lowest BCUT2D eigenvalue weighted by atomic mass is 9.99. The van der Waals surface area contributed by atoms with Crippen molar-refractivity contribution in [3.63, 3.8) is 0 Å². The second-order valence-corrected chi connectivity index (χ2v) is 10.7. The molecule has 7 nitrogen and oxygen atoms in total. The van der Waals surface area contributed by atoms with Crippen LogP contribution in [-0.4, -0.2) is 24.3 Å². The predicted molar refractivity (Wildman–Crippen MR) is 164 cm³/mol. The molecule has 0 saturated heterocycles. The van der Waals surface area contributed by atoms with Crippen molar-refractivity contribution in [2.45, 2.75) is 25.2 Å². The van der Waals surface area contributed by atoms with Gasteiger partial charge < -0.3 is 34.0 Å². The maximum Gasteiger partial charge on any atom is 0.244 e. The van der Waals surface area contributed by atoms with Gasteiger partial charge in [-0.15, -0.1) is 0 Å². The first-order valence-electron chi connectivity index (χ1n) is 14.5. The molecule has 9 heteroatoms. The highest BCUT2D eigenvalue weighted by atomic mass is 79.9. The van der Waals surface area contributed by atoms with Crippen molar-refractivity contribution in [3.8, 4) is 0 Å². The molecule has 0 bridgehead atoms. The topological polar surface area (TPSA) is 59.2 Å². The third-order valence-electron chi connectivity index (χ3n) is 7.72. The van der Waals surface area contributed by atoms with Gasteiger partial charge in [0.25, 0.3) is 0 Å². The number of hydrogen-bond acceptors (Lipinski definition) is 2. The monoisotopic (exact) mass is 721 g/mol. The molecule has 45 heavy (non-hydrogen) atoms. The van der Waals surface area contributed by atoms with E-state index in [4.69, 9.17) is 4.98 Å². The van der Waals surface area contributed by atoms with Crippen LogP contribution >= 0.6 is 0 Å². The minimum absolute atomic E-state index is 0. The molecule has 7 aromatic rings. The molecule has 4 aromatic carbocycles. The lowest BCUT2D eigenvalue weighted by Gasteiger charge is -2.14.